The number of halogens is 2. The van der Waals surface area contributed by atoms with Gasteiger partial charge in [0.1, 0.15) is 11.6 Å². The molecule has 0 saturated heterocycles. The zero-order valence-electron chi connectivity index (χ0n) is 8.69. The van der Waals surface area contributed by atoms with Crippen LogP contribution in [-0.4, -0.2) is 12.0 Å². The Morgan fingerprint density at radius 3 is 2.75 bits per heavy atom. The second-order valence-corrected chi connectivity index (χ2v) is 4.20. The maximum absolute atomic E-state index is 13.1. The van der Waals surface area contributed by atoms with Crippen molar-refractivity contribution < 1.29 is 4.39 Å². The Morgan fingerprint density at radius 1 is 1.25 bits per heavy atom. The molecule has 1 aromatic heterocycles. The number of hydrogen-bond acceptors (Lipinski definition) is 2. The number of aromatic nitrogens is 1. The lowest BCUT2D eigenvalue weighted by atomic mass is 10.3. The Hall–Kier alpha value is -1.42. The Labute approximate surface area is 102 Å². The monoisotopic (exact) mass is 280 g/mol. The largest absolute Gasteiger partial charge is 0.328 e. The first-order valence-electron chi connectivity index (χ1n) is 4.78. The number of nitrogens with zero attached hydrogens (tertiary/aromatic N) is 2. The molecule has 2 nitrogen and oxygen atoms in total. The fourth-order valence-corrected chi connectivity index (χ4v) is 1.95. The molecule has 0 unspecified atom stereocenters. The number of pyridine rings is 1. The van der Waals surface area contributed by atoms with Crippen LogP contribution in [0.4, 0.5) is 15.9 Å². The Kier molecular flexibility index (Phi) is 3.19. The molecule has 0 saturated carbocycles. The van der Waals surface area contributed by atoms with E-state index in [0.29, 0.717) is 0 Å². The van der Waals surface area contributed by atoms with Gasteiger partial charge in [-0.2, -0.15) is 0 Å². The van der Waals surface area contributed by atoms with E-state index in [1.807, 2.05) is 30.1 Å². The topological polar surface area (TPSA) is 16.1 Å². The smallest absolute Gasteiger partial charge is 0.147 e. The molecule has 0 fully saturated rings. The zero-order valence-corrected chi connectivity index (χ0v) is 10.3. The van der Waals surface area contributed by atoms with E-state index in [2.05, 4.69) is 20.9 Å². The van der Waals surface area contributed by atoms with Gasteiger partial charge >= 0.3 is 0 Å². The maximum atomic E-state index is 13.1. The van der Waals surface area contributed by atoms with Gasteiger partial charge in [-0.1, -0.05) is 6.07 Å². The van der Waals surface area contributed by atoms with Crippen LogP contribution in [0.2, 0.25) is 0 Å². The highest BCUT2D eigenvalue weighted by Crippen LogP contribution is 2.28. The lowest BCUT2D eigenvalue weighted by molar-refractivity contribution is 0.628. The van der Waals surface area contributed by atoms with Crippen molar-refractivity contribution >= 4 is 27.4 Å². The average molecular weight is 281 g/mol. The minimum absolute atomic E-state index is 0.253. The van der Waals surface area contributed by atoms with Crippen molar-refractivity contribution in [3.63, 3.8) is 0 Å². The van der Waals surface area contributed by atoms with Crippen molar-refractivity contribution in [2.24, 2.45) is 0 Å². The molecule has 2 aromatic rings. The van der Waals surface area contributed by atoms with Gasteiger partial charge in [0, 0.05) is 18.9 Å². The summed E-state index contributed by atoms with van der Waals surface area (Å²) in [5.41, 5.74) is 0.763. The van der Waals surface area contributed by atoms with Crippen LogP contribution in [0.5, 0.6) is 0 Å². The highest BCUT2D eigenvalue weighted by atomic mass is 79.9. The van der Waals surface area contributed by atoms with Crippen LogP contribution in [0.1, 0.15) is 0 Å². The van der Waals surface area contributed by atoms with Gasteiger partial charge < -0.3 is 4.90 Å². The normalized spacial score (nSPS) is 10.2. The third-order valence-electron chi connectivity index (χ3n) is 2.25. The fourth-order valence-electron chi connectivity index (χ4n) is 1.43. The molecular weight excluding hydrogens is 271 g/mol. The first-order chi connectivity index (χ1) is 7.68. The van der Waals surface area contributed by atoms with E-state index in [1.165, 1.54) is 12.1 Å². The van der Waals surface area contributed by atoms with Crippen molar-refractivity contribution in [3.05, 3.63) is 52.9 Å². The molecule has 0 atom stereocenters. The molecule has 1 aromatic carbocycles. The van der Waals surface area contributed by atoms with Crippen LogP contribution in [0, 0.1) is 5.82 Å². The summed E-state index contributed by atoms with van der Waals surface area (Å²) in [6.07, 6.45) is 1.70. The number of rotatable bonds is 2. The molecule has 0 bridgehead atoms. The standard InChI is InChI=1S/C12H10BrFN2/c1-16(10-5-2-4-9(14)8-10)12-11(13)6-3-7-15-12/h2-8H,1H3. The molecule has 2 rings (SSSR count). The summed E-state index contributed by atoms with van der Waals surface area (Å²) < 4.78 is 14.0. The predicted octanol–water partition coefficient (Wildman–Crippen LogP) is 3.75. The number of benzene rings is 1. The SMILES string of the molecule is CN(c1cccc(F)c1)c1ncccc1Br. The fraction of sp³-hybridized carbons (Fsp3) is 0.0833. The third kappa shape index (κ3) is 2.22. The Balaban J connectivity index is 2.39. The number of anilines is 2. The summed E-state index contributed by atoms with van der Waals surface area (Å²) in [7, 11) is 1.85. The van der Waals surface area contributed by atoms with Crippen molar-refractivity contribution in [3.8, 4) is 0 Å². The van der Waals surface area contributed by atoms with Gasteiger partial charge in [0.15, 0.2) is 0 Å². The molecule has 0 N–H and O–H groups in total. The minimum atomic E-state index is -0.253. The van der Waals surface area contributed by atoms with Gasteiger partial charge in [-0.3, -0.25) is 0 Å². The van der Waals surface area contributed by atoms with Crippen LogP contribution < -0.4 is 4.90 Å². The Morgan fingerprint density at radius 2 is 2.06 bits per heavy atom. The van der Waals surface area contributed by atoms with E-state index in [-0.39, 0.29) is 5.82 Å². The molecule has 0 aliphatic carbocycles. The van der Waals surface area contributed by atoms with Crippen LogP contribution in [0.25, 0.3) is 0 Å². The van der Waals surface area contributed by atoms with E-state index in [4.69, 9.17) is 0 Å². The van der Waals surface area contributed by atoms with Crippen LogP contribution in [0.3, 0.4) is 0 Å². The molecule has 0 radical (unpaired) electrons. The summed E-state index contributed by atoms with van der Waals surface area (Å²) >= 11 is 3.41. The molecule has 0 aliphatic heterocycles. The van der Waals surface area contributed by atoms with Gasteiger partial charge in [0.2, 0.25) is 0 Å². The molecule has 16 heavy (non-hydrogen) atoms. The molecule has 0 aliphatic rings. The van der Waals surface area contributed by atoms with E-state index < -0.39 is 0 Å². The molecule has 1 heterocycles. The zero-order chi connectivity index (χ0) is 11.5. The van der Waals surface area contributed by atoms with E-state index in [1.54, 1.807) is 12.3 Å². The lowest BCUT2D eigenvalue weighted by Gasteiger charge is -2.19. The van der Waals surface area contributed by atoms with Crippen LogP contribution >= 0.6 is 15.9 Å². The second kappa shape index (κ2) is 4.61. The van der Waals surface area contributed by atoms with Gasteiger partial charge in [-0.05, 0) is 46.3 Å². The minimum Gasteiger partial charge on any atom is -0.328 e. The Bertz CT molecular complexity index is 502. The molecule has 0 amide bonds. The summed E-state index contributed by atoms with van der Waals surface area (Å²) in [4.78, 5) is 6.07. The highest BCUT2D eigenvalue weighted by molar-refractivity contribution is 9.10. The maximum Gasteiger partial charge on any atom is 0.147 e. The van der Waals surface area contributed by atoms with Crippen LogP contribution in [-0.2, 0) is 0 Å². The van der Waals surface area contributed by atoms with E-state index >= 15 is 0 Å². The summed E-state index contributed by atoms with van der Waals surface area (Å²) in [6.45, 7) is 0. The lowest BCUT2D eigenvalue weighted by Crippen LogP contribution is -2.11. The van der Waals surface area contributed by atoms with Crippen LogP contribution in [0.15, 0.2) is 47.1 Å². The highest BCUT2D eigenvalue weighted by Gasteiger charge is 2.08. The summed E-state index contributed by atoms with van der Waals surface area (Å²) in [5, 5.41) is 0. The molecule has 82 valence electrons. The van der Waals surface area contributed by atoms with Gasteiger partial charge in [-0.15, -0.1) is 0 Å². The van der Waals surface area contributed by atoms with Crippen molar-refractivity contribution in [1.82, 2.24) is 4.98 Å². The van der Waals surface area contributed by atoms with Gasteiger partial charge in [0.05, 0.1) is 4.47 Å². The summed E-state index contributed by atoms with van der Waals surface area (Å²) in [5.74, 6) is 0.504. The van der Waals surface area contributed by atoms with E-state index in [0.717, 1.165) is 16.0 Å². The van der Waals surface area contributed by atoms with Crippen molar-refractivity contribution in [2.45, 2.75) is 0 Å². The third-order valence-corrected chi connectivity index (χ3v) is 2.87. The first-order valence-corrected chi connectivity index (χ1v) is 5.57. The molecule has 4 heteroatoms. The molecule has 0 spiro atoms. The quantitative estimate of drug-likeness (QED) is 0.833. The average Bonchev–Trinajstić information content (AvgIpc) is 2.29. The van der Waals surface area contributed by atoms with Crippen molar-refractivity contribution in [2.75, 3.05) is 11.9 Å². The van der Waals surface area contributed by atoms with Crippen molar-refractivity contribution in [1.29, 1.82) is 0 Å². The molecular formula is C12H10BrFN2. The van der Waals surface area contributed by atoms with Gasteiger partial charge in [0.25, 0.3) is 0 Å². The van der Waals surface area contributed by atoms with E-state index in [9.17, 15) is 4.39 Å². The van der Waals surface area contributed by atoms with Gasteiger partial charge in [-0.25, -0.2) is 9.37 Å². The second-order valence-electron chi connectivity index (χ2n) is 3.35. The predicted molar refractivity (Wildman–Crippen MR) is 66.4 cm³/mol. The number of hydrogen-bond donors (Lipinski definition) is 0. The summed E-state index contributed by atoms with van der Waals surface area (Å²) in [6, 6.07) is 10.2. The first kappa shape index (κ1) is 11.1.